The molecule has 0 unspecified atom stereocenters. The van der Waals surface area contributed by atoms with Gasteiger partial charge in [-0.2, -0.15) is 0 Å². The molecule has 0 aliphatic carbocycles. The van der Waals surface area contributed by atoms with E-state index in [4.69, 9.17) is 18.9 Å². The van der Waals surface area contributed by atoms with E-state index >= 15 is 0 Å². The van der Waals surface area contributed by atoms with E-state index in [9.17, 15) is 14.7 Å². The van der Waals surface area contributed by atoms with Gasteiger partial charge in [-0.3, -0.25) is 4.79 Å². The lowest BCUT2D eigenvalue weighted by atomic mass is 10.1. The van der Waals surface area contributed by atoms with Crippen molar-refractivity contribution in [1.82, 2.24) is 15.0 Å². The van der Waals surface area contributed by atoms with Crippen LogP contribution in [0.2, 0.25) is 0 Å². The number of esters is 1. The Balaban J connectivity index is 1.98. The second-order valence-corrected chi connectivity index (χ2v) is 8.22. The van der Waals surface area contributed by atoms with Crippen LogP contribution < -0.4 is 19.5 Å². The van der Waals surface area contributed by atoms with Gasteiger partial charge in [0.25, 0.3) is 5.91 Å². The van der Waals surface area contributed by atoms with E-state index in [1.54, 1.807) is 19.1 Å². The number of carbonyl (C=O) groups is 2. The zero-order valence-electron chi connectivity index (χ0n) is 21.8. The number of hydrogen-bond donors (Lipinski definition) is 2. The maximum absolute atomic E-state index is 13.3. The molecule has 0 spiro atoms. The van der Waals surface area contributed by atoms with E-state index < -0.39 is 11.9 Å². The van der Waals surface area contributed by atoms with Crippen LogP contribution in [0.5, 0.6) is 23.0 Å². The fraction of sp³-hybridized carbons (Fsp3) is 0.385. The largest absolute Gasteiger partial charge is 0.504 e. The van der Waals surface area contributed by atoms with Gasteiger partial charge in [-0.1, -0.05) is 25.5 Å². The van der Waals surface area contributed by atoms with Gasteiger partial charge in [-0.25, -0.2) is 9.48 Å². The number of phenols is 1. The number of amides is 1. The number of anilines is 1. The van der Waals surface area contributed by atoms with E-state index in [-0.39, 0.29) is 28.9 Å². The molecule has 0 aliphatic heterocycles. The van der Waals surface area contributed by atoms with Gasteiger partial charge in [0.15, 0.2) is 17.2 Å². The molecule has 1 heterocycles. The Hall–Kier alpha value is -4.28. The second kappa shape index (κ2) is 12.1. The number of rotatable bonds is 11. The summed E-state index contributed by atoms with van der Waals surface area (Å²) < 4.78 is 22.9. The van der Waals surface area contributed by atoms with Crippen molar-refractivity contribution in [3.63, 3.8) is 0 Å². The first-order valence-electron chi connectivity index (χ1n) is 11.9. The second-order valence-electron chi connectivity index (χ2n) is 8.22. The summed E-state index contributed by atoms with van der Waals surface area (Å²) >= 11 is 0. The third-order valence-corrected chi connectivity index (χ3v) is 5.83. The highest BCUT2D eigenvalue weighted by atomic mass is 16.5. The normalized spacial score (nSPS) is 11.5. The van der Waals surface area contributed by atoms with E-state index in [1.165, 1.54) is 44.2 Å². The SMILES string of the molecule is CCC[C@H](CC)Oc1ccc(C(=O)OC)cc1NC(=O)c1nnn(-c2cc(OC)c(O)cc2OC)c1C. The van der Waals surface area contributed by atoms with Gasteiger partial charge >= 0.3 is 5.97 Å². The van der Waals surface area contributed by atoms with Gasteiger partial charge in [0.05, 0.1) is 44.4 Å². The number of nitrogens with zero attached hydrogens (tertiary/aromatic N) is 3. The molecule has 11 heteroatoms. The Kier molecular flexibility index (Phi) is 8.94. The minimum absolute atomic E-state index is 0.0455. The van der Waals surface area contributed by atoms with Crippen molar-refractivity contribution in [3.8, 4) is 28.7 Å². The number of ether oxygens (including phenoxy) is 4. The Bertz CT molecular complexity index is 1270. The summed E-state index contributed by atoms with van der Waals surface area (Å²) in [4.78, 5) is 25.4. The molecule has 0 radical (unpaired) electrons. The number of aromatic nitrogens is 3. The molecule has 2 aromatic carbocycles. The molecular formula is C26H32N4O7. The first-order valence-corrected chi connectivity index (χ1v) is 11.9. The predicted octanol–water partition coefficient (Wildman–Crippen LogP) is 4.29. The summed E-state index contributed by atoms with van der Waals surface area (Å²) in [6, 6.07) is 7.64. The average Bonchev–Trinajstić information content (AvgIpc) is 3.29. The van der Waals surface area contributed by atoms with Crippen LogP contribution >= 0.6 is 0 Å². The topological polar surface area (TPSA) is 134 Å². The van der Waals surface area contributed by atoms with Crippen LogP contribution in [-0.4, -0.2) is 59.4 Å². The van der Waals surface area contributed by atoms with Crippen molar-refractivity contribution in [2.45, 2.75) is 46.1 Å². The number of methoxy groups -OCH3 is 3. The molecule has 1 amide bonds. The summed E-state index contributed by atoms with van der Waals surface area (Å²) in [5, 5.41) is 21.1. The van der Waals surface area contributed by atoms with Crippen LogP contribution in [0.4, 0.5) is 5.69 Å². The quantitative estimate of drug-likeness (QED) is 0.361. The van der Waals surface area contributed by atoms with Gasteiger partial charge in [0.1, 0.15) is 17.2 Å². The summed E-state index contributed by atoms with van der Waals surface area (Å²) in [5.74, 6) is -0.263. The van der Waals surface area contributed by atoms with Gasteiger partial charge in [-0.15, -0.1) is 5.10 Å². The van der Waals surface area contributed by atoms with E-state index in [0.29, 0.717) is 28.6 Å². The van der Waals surface area contributed by atoms with Crippen molar-refractivity contribution in [1.29, 1.82) is 0 Å². The number of phenolic OH excluding ortho intramolecular Hbond substituents is 1. The Labute approximate surface area is 215 Å². The van der Waals surface area contributed by atoms with Gasteiger partial charge < -0.3 is 29.4 Å². The van der Waals surface area contributed by atoms with Crippen molar-refractivity contribution in [3.05, 3.63) is 47.3 Å². The monoisotopic (exact) mass is 512 g/mol. The Morgan fingerprint density at radius 3 is 2.41 bits per heavy atom. The third-order valence-electron chi connectivity index (χ3n) is 5.83. The van der Waals surface area contributed by atoms with E-state index in [0.717, 1.165) is 19.3 Å². The van der Waals surface area contributed by atoms with Crippen LogP contribution in [0.3, 0.4) is 0 Å². The van der Waals surface area contributed by atoms with Crippen LogP contribution in [0.25, 0.3) is 5.69 Å². The van der Waals surface area contributed by atoms with Crippen molar-refractivity contribution in [2.75, 3.05) is 26.6 Å². The Morgan fingerprint density at radius 2 is 1.78 bits per heavy atom. The molecule has 2 N–H and O–H groups in total. The summed E-state index contributed by atoms with van der Waals surface area (Å²) in [7, 11) is 4.15. The van der Waals surface area contributed by atoms with E-state index in [2.05, 4.69) is 22.6 Å². The molecular weight excluding hydrogens is 480 g/mol. The predicted molar refractivity (Wildman–Crippen MR) is 136 cm³/mol. The maximum atomic E-state index is 13.3. The molecule has 3 rings (SSSR count). The minimum Gasteiger partial charge on any atom is -0.504 e. The lowest BCUT2D eigenvalue weighted by Crippen LogP contribution is -2.19. The molecule has 1 atom stereocenters. The molecule has 0 fully saturated rings. The lowest BCUT2D eigenvalue weighted by molar-refractivity contribution is 0.0600. The van der Waals surface area contributed by atoms with Crippen LogP contribution in [0.1, 0.15) is 59.7 Å². The molecule has 11 nitrogen and oxygen atoms in total. The first-order chi connectivity index (χ1) is 17.8. The molecule has 0 saturated carbocycles. The van der Waals surface area contributed by atoms with Gasteiger partial charge in [0.2, 0.25) is 0 Å². The zero-order valence-corrected chi connectivity index (χ0v) is 21.8. The summed E-state index contributed by atoms with van der Waals surface area (Å²) in [6.45, 7) is 5.76. The van der Waals surface area contributed by atoms with Gasteiger partial charge in [0, 0.05) is 12.1 Å². The van der Waals surface area contributed by atoms with Crippen molar-refractivity contribution in [2.24, 2.45) is 0 Å². The smallest absolute Gasteiger partial charge is 0.337 e. The van der Waals surface area contributed by atoms with Crippen molar-refractivity contribution >= 4 is 17.6 Å². The van der Waals surface area contributed by atoms with Crippen LogP contribution in [0, 0.1) is 6.92 Å². The molecule has 198 valence electrons. The third kappa shape index (κ3) is 5.93. The lowest BCUT2D eigenvalue weighted by Gasteiger charge is -2.20. The molecule has 37 heavy (non-hydrogen) atoms. The summed E-state index contributed by atoms with van der Waals surface area (Å²) in [6.07, 6.45) is 2.51. The average molecular weight is 513 g/mol. The maximum Gasteiger partial charge on any atom is 0.337 e. The minimum atomic E-state index is -0.552. The fourth-order valence-electron chi connectivity index (χ4n) is 3.80. The number of aromatic hydroxyl groups is 1. The number of hydrogen-bond acceptors (Lipinski definition) is 9. The standard InChI is InChI=1S/C26H32N4O7/c1-7-9-17(8-2)37-21-11-10-16(26(33)36-6)12-18(21)27-25(32)24-15(3)30(29-28-24)19-13-23(35-5)20(31)14-22(19)34-4/h10-14,17,31H,7-9H2,1-6H3,(H,27,32)/t17-/m0/s1. The van der Waals surface area contributed by atoms with Crippen LogP contribution in [0.15, 0.2) is 30.3 Å². The van der Waals surface area contributed by atoms with Crippen LogP contribution in [-0.2, 0) is 4.74 Å². The molecule has 3 aromatic rings. The highest BCUT2D eigenvalue weighted by Crippen LogP contribution is 2.36. The fourth-order valence-corrected chi connectivity index (χ4v) is 3.80. The highest BCUT2D eigenvalue weighted by molar-refractivity contribution is 6.05. The number of benzene rings is 2. The Morgan fingerprint density at radius 1 is 1.05 bits per heavy atom. The number of nitrogens with one attached hydrogen (secondary N) is 1. The molecule has 1 aromatic heterocycles. The number of carbonyl (C=O) groups excluding carboxylic acids is 2. The van der Waals surface area contributed by atoms with Crippen molar-refractivity contribution < 1.29 is 33.6 Å². The zero-order chi connectivity index (χ0) is 27.1. The highest BCUT2D eigenvalue weighted by Gasteiger charge is 2.23. The molecule has 0 bridgehead atoms. The summed E-state index contributed by atoms with van der Waals surface area (Å²) in [5.41, 5.74) is 1.44. The molecule has 0 saturated heterocycles. The van der Waals surface area contributed by atoms with Gasteiger partial charge in [-0.05, 0) is 38.0 Å². The first kappa shape index (κ1) is 27.3. The molecule has 0 aliphatic rings. The van der Waals surface area contributed by atoms with E-state index in [1.807, 2.05) is 6.92 Å².